The number of carbonyl (C=O) groups excluding carboxylic acids is 2. The molecule has 0 spiro atoms. The van der Waals surface area contributed by atoms with Crippen LogP contribution >= 0.6 is 0 Å². The molecule has 2 aromatic rings. The van der Waals surface area contributed by atoms with E-state index in [1.54, 1.807) is 38.4 Å². The van der Waals surface area contributed by atoms with E-state index in [1.807, 2.05) is 6.07 Å². The topological polar surface area (TPSA) is 128 Å². The second-order valence-electron chi connectivity index (χ2n) is 5.14. The van der Waals surface area contributed by atoms with Gasteiger partial charge in [-0.15, -0.1) is 0 Å². The first kappa shape index (κ1) is 20.1. The van der Waals surface area contributed by atoms with Gasteiger partial charge >= 0.3 is 6.03 Å². The molecule has 0 aliphatic rings. The molecule has 2 aromatic carbocycles. The van der Waals surface area contributed by atoms with Crippen LogP contribution in [0.25, 0.3) is 0 Å². The maximum atomic E-state index is 11.7. The van der Waals surface area contributed by atoms with Crippen molar-refractivity contribution >= 4 is 29.5 Å². The van der Waals surface area contributed by atoms with Crippen molar-refractivity contribution in [3.63, 3.8) is 0 Å². The predicted molar refractivity (Wildman–Crippen MR) is 96.6 cm³/mol. The van der Waals surface area contributed by atoms with Crippen LogP contribution in [0.5, 0.6) is 0 Å². The van der Waals surface area contributed by atoms with Gasteiger partial charge in [0.05, 0.1) is 16.6 Å². The van der Waals surface area contributed by atoms with Crippen LogP contribution in [-0.4, -0.2) is 36.4 Å². The number of rotatable bonds is 4. The quantitative estimate of drug-likeness (QED) is 0.495. The van der Waals surface area contributed by atoms with Gasteiger partial charge in [-0.05, 0) is 36.4 Å². The number of anilines is 2. The fraction of sp³-hybridized carbons (Fsp3) is 0.118. The number of nitrogens with zero attached hydrogens (tertiary/aromatic N) is 3. The monoisotopic (exact) mass is 355 g/mol. The van der Waals surface area contributed by atoms with Crippen molar-refractivity contribution in [1.82, 2.24) is 4.90 Å². The smallest absolute Gasteiger partial charge is 0.323 e. The number of non-ortho nitro benzene ring substituents is 1. The zero-order valence-electron chi connectivity index (χ0n) is 14.2. The van der Waals surface area contributed by atoms with E-state index in [0.29, 0.717) is 16.9 Å². The lowest BCUT2D eigenvalue weighted by molar-refractivity contribution is -0.384. The zero-order chi connectivity index (χ0) is 19.5. The van der Waals surface area contributed by atoms with Crippen molar-refractivity contribution in [2.75, 3.05) is 24.7 Å². The first-order chi connectivity index (χ1) is 12.3. The molecule has 0 atom stereocenters. The molecule has 26 heavy (non-hydrogen) atoms. The number of hydrogen-bond donors (Lipinski definition) is 2. The largest absolute Gasteiger partial charge is 0.351 e. The van der Waals surface area contributed by atoms with Crippen LogP contribution in [-0.2, 0) is 4.79 Å². The van der Waals surface area contributed by atoms with E-state index in [-0.39, 0.29) is 5.69 Å². The van der Waals surface area contributed by atoms with Crippen LogP contribution in [0.15, 0.2) is 48.5 Å². The van der Waals surface area contributed by atoms with E-state index in [4.69, 9.17) is 5.26 Å². The lowest BCUT2D eigenvalue weighted by Crippen LogP contribution is -2.19. The third-order valence-electron chi connectivity index (χ3n) is 2.82. The van der Waals surface area contributed by atoms with Gasteiger partial charge in [0.2, 0.25) is 6.41 Å². The minimum absolute atomic E-state index is 0.0481. The van der Waals surface area contributed by atoms with E-state index in [9.17, 15) is 19.7 Å². The number of nitro benzene ring substituents is 1. The summed E-state index contributed by atoms with van der Waals surface area (Å²) in [5, 5.41) is 24.3. The molecule has 0 aliphatic heterocycles. The van der Waals surface area contributed by atoms with E-state index >= 15 is 0 Å². The Kier molecular flexibility index (Phi) is 7.77. The van der Waals surface area contributed by atoms with Gasteiger partial charge in [0.1, 0.15) is 0 Å². The molecule has 0 aromatic heterocycles. The van der Waals surface area contributed by atoms with Gasteiger partial charge in [-0.3, -0.25) is 14.9 Å². The fourth-order valence-corrected chi connectivity index (χ4v) is 1.59. The third kappa shape index (κ3) is 7.10. The third-order valence-corrected chi connectivity index (χ3v) is 2.82. The highest BCUT2D eigenvalue weighted by molar-refractivity contribution is 5.99. The summed E-state index contributed by atoms with van der Waals surface area (Å²) in [4.78, 5) is 32.6. The van der Waals surface area contributed by atoms with Crippen molar-refractivity contribution in [3.05, 3.63) is 64.2 Å². The van der Waals surface area contributed by atoms with Gasteiger partial charge in [0, 0.05) is 37.6 Å². The summed E-state index contributed by atoms with van der Waals surface area (Å²) in [5.74, 6) is 0. The highest BCUT2D eigenvalue weighted by atomic mass is 16.6. The number of urea groups is 1. The van der Waals surface area contributed by atoms with Crippen LogP contribution in [0.4, 0.5) is 21.9 Å². The van der Waals surface area contributed by atoms with Gasteiger partial charge in [-0.25, -0.2) is 4.79 Å². The molecule has 3 amide bonds. The number of amides is 3. The van der Waals surface area contributed by atoms with Crippen LogP contribution in [0.3, 0.4) is 0 Å². The SMILES string of the molecule is CN(C)C=O.N#Cc1ccc(NC(=O)Nc2ccc([N+](=O)[O-])cc2)cc1. The molecule has 0 saturated heterocycles. The lowest BCUT2D eigenvalue weighted by Gasteiger charge is -2.07. The van der Waals surface area contributed by atoms with Crippen molar-refractivity contribution in [2.45, 2.75) is 0 Å². The van der Waals surface area contributed by atoms with Gasteiger partial charge < -0.3 is 15.5 Å². The van der Waals surface area contributed by atoms with Crippen LogP contribution in [0.1, 0.15) is 5.56 Å². The Balaban J connectivity index is 0.000000597. The van der Waals surface area contributed by atoms with Crippen molar-refractivity contribution in [2.24, 2.45) is 0 Å². The Bertz CT molecular complexity index is 795. The maximum Gasteiger partial charge on any atom is 0.323 e. The van der Waals surface area contributed by atoms with Gasteiger partial charge in [0.25, 0.3) is 5.69 Å². The molecule has 0 unspecified atom stereocenters. The molecule has 134 valence electrons. The fourth-order valence-electron chi connectivity index (χ4n) is 1.59. The first-order valence-corrected chi connectivity index (χ1v) is 7.30. The van der Waals surface area contributed by atoms with Crippen molar-refractivity contribution in [1.29, 1.82) is 5.26 Å². The van der Waals surface area contributed by atoms with E-state index in [1.165, 1.54) is 29.2 Å². The molecule has 0 heterocycles. The highest BCUT2D eigenvalue weighted by Crippen LogP contribution is 2.16. The number of nitriles is 1. The Labute approximate surface area is 150 Å². The maximum absolute atomic E-state index is 11.7. The van der Waals surface area contributed by atoms with Gasteiger partial charge in [-0.1, -0.05) is 0 Å². The Morgan fingerprint density at radius 2 is 1.50 bits per heavy atom. The summed E-state index contributed by atoms with van der Waals surface area (Å²) in [6.45, 7) is 0. The molecule has 9 heteroatoms. The summed E-state index contributed by atoms with van der Waals surface area (Å²) in [7, 11) is 3.38. The Morgan fingerprint density at radius 1 is 1.08 bits per heavy atom. The molecule has 2 N–H and O–H groups in total. The molecule has 9 nitrogen and oxygen atoms in total. The standard InChI is InChI=1S/C14H10N4O3.C3H7NO/c15-9-10-1-3-11(4-2-10)16-14(19)17-12-5-7-13(8-6-12)18(20)21;1-4(2)3-5/h1-8H,(H2,16,17,19);3H,1-2H3. The minimum atomic E-state index is -0.513. The van der Waals surface area contributed by atoms with Crippen molar-refractivity contribution in [3.8, 4) is 6.07 Å². The van der Waals surface area contributed by atoms with Gasteiger partial charge in [-0.2, -0.15) is 5.26 Å². The summed E-state index contributed by atoms with van der Waals surface area (Å²) in [6.07, 6.45) is 0.750. The summed E-state index contributed by atoms with van der Waals surface area (Å²) >= 11 is 0. The molecule has 2 rings (SSSR count). The molecular weight excluding hydrogens is 338 g/mol. The molecule has 0 saturated carbocycles. The minimum Gasteiger partial charge on any atom is -0.351 e. The number of nitrogens with one attached hydrogen (secondary N) is 2. The van der Waals surface area contributed by atoms with Crippen molar-refractivity contribution < 1.29 is 14.5 Å². The Hall–Kier alpha value is -3.93. The lowest BCUT2D eigenvalue weighted by atomic mass is 10.2. The van der Waals surface area contributed by atoms with Crippen LogP contribution < -0.4 is 10.6 Å². The average molecular weight is 355 g/mol. The molecule has 0 radical (unpaired) electrons. The summed E-state index contributed by atoms with van der Waals surface area (Å²) in [6, 6.07) is 13.4. The number of carbonyl (C=O) groups is 2. The molecule has 0 fully saturated rings. The molecular formula is C17H17N5O4. The average Bonchev–Trinajstić information content (AvgIpc) is 2.63. The van der Waals surface area contributed by atoms with E-state index in [2.05, 4.69) is 10.6 Å². The van der Waals surface area contributed by atoms with E-state index in [0.717, 1.165) is 6.41 Å². The second kappa shape index (κ2) is 10.0. The number of hydrogen-bond acceptors (Lipinski definition) is 5. The molecule has 0 bridgehead atoms. The number of benzene rings is 2. The Morgan fingerprint density at radius 3 is 1.85 bits per heavy atom. The predicted octanol–water partition coefficient (Wildman–Crippen LogP) is 2.81. The molecule has 0 aliphatic carbocycles. The van der Waals surface area contributed by atoms with Gasteiger partial charge in [0.15, 0.2) is 0 Å². The second-order valence-corrected chi connectivity index (χ2v) is 5.14. The summed E-state index contributed by atoms with van der Waals surface area (Å²) in [5.41, 5.74) is 1.42. The van der Waals surface area contributed by atoms with Crippen LogP contribution in [0.2, 0.25) is 0 Å². The first-order valence-electron chi connectivity index (χ1n) is 7.30. The van der Waals surface area contributed by atoms with E-state index < -0.39 is 11.0 Å². The summed E-state index contributed by atoms with van der Waals surface area (Å²) < 4.78 is 0. The highest BCUT2D eigenvalue weighted by Gasteiger charge is 2.06. The number of nitro groups is 1. The van der Waals surface area contributed by atoms with Crippen LogP contribution in [0, 0.1) is 21.4 Å². The normalized spacial score (nSPS) is 8.96. The zero-order valence-corrected chi connectivity index (χ0v) is 14.2.